The van der Waals surface area contributed by atoms with Gasteiger partial charge in [-0.1, -0.05) is 30.7 Å². The summed E-state index contributed by atoms with van der Waals surface area (Å²) < 4.78 is 39.6. The van der Waals surface area contributed by atoms with Gasteiger partial charge in [-0.05, 0) is 18.6 Å². The maximum Gasteiger partial charge on any atom is 0.260 e. The van der Waals surface area contributed by atoms with Gasteiger partial charge in [0.25, 0.3) is 11.8 Å². The zero-order chi connectivity index (χ0) is 20.1. The van der Waals surface area contributed by atoms with Crippen LogP contribution in [0, 0.1) is 0 Å². The van der Waals surface area contributed by atoms with Crippen LogP contribution in [-0.4, -0.2) is 70.8 Å². The number of aromatic nitrogens is 2. The first kappa shape index (κ1) is 21.0. The topological polar surface area (TPSA) is 92.7 Å². The van der Waals surface area contributed by atoms with Crippen LogP contribution in [0.15, 0.2) is 24.3 Å². The molecule has 2 heterocycles. The van der Waals surface area contributed by atoms with E-state index in [0.29, 0.717) is 49.2 Å². The number of benzene rings is 1. The fraction of sp³-hybridized carbons (Fsp3) is 0.471. The van der Waals surface area contributed by atoms with Crippen molar-refractivity contribution >= 4 is 39.3 Å². The minimum absolute atomic E-state index is 0.133. The first-order valence-electron chi connectivity index (χ1n) is 8.87. The molecule has 0 bridgehead atoms. The fourth-order valence-electron chi connectivity index (χ4n) is 2.88. The van der Waals surface area contributed by atoms with Gasteiger partial charge in [-0.25, -0.2) is 8.42 Å². The van der Waals surface area contributed by atoms with Crippen LogP contribution < -0.4 is 4.74 Å². The number of ether oxygens (including phenoxy) is 1. The van der Waals surface area contributed by atoms with Crippen LogP contribution in [0.1, 0.15) is 13.3 Å². The Labute approximate surface area is 173 Å². The minimum atomic E-state index is -3.23. The molecule has 1 aliphatic rings. The maximum atomic E-state index is 12.4. The van der Waals surface area contributed by atoms with E-state index in [0.717, 1.165) is 17.3 Å². The summed E-state index contributed by atoms with van der Waals surface area (Å²) in [6, 6.07) is 7.11. The summed E-state index contributed by atoms with van der Waals surface area (Å²) in [7, 11) is -3.23. The Morgan fingerprint density at radius 2 is 1.86 bits per heavy atom. The molecule has 1 fully saturated rings. The average molecular weight is 445 g/mol. The summed E-state index contributed by atoms with van der Waals surface area (Å²) >= 11 is 6.91. The molecule has 8 nitrogen and oxygen atoms in total. The van der Waals surface area contributed by atoms with Gasteiger partial charge in [-0.2, -0.15) is 8.68 Å². The van der Waals surface area contributed by atoms with Gasteiger partial charge in [0.2, 0.25) is 10.0 Å². The number of hydrogen-bond acceptors (Lipinski definition) is 7. The van der Waals surface area contributed by atoms with Gasteiger partial charge in [-0.3, -0.25) is 4.79 Å². The number of carbonyl (C=O) groups excluding carboxylic acids is 1. The van der Waals surface area contributed by atoms with Gasteiger partial charge in [0.1, 0.15) is 5.69 Å². The van der Waals surface area contributed by atoms with E-state index in [1.165, 1.54) is 4.31 Å². The second-order valence-electron chi connectivity index (χ2n) is 6.31. The Balaban J connectivity index is 1.55. The summed E-state index contributed by atoms with van der Waals surface area (Å²) in [6.45, 7) is 2.98. The van der Waals surface area contributed by atoms with E-state index >= 15 is 0 Å². The molecule has 0 radical (unpaired) electrons. The molecule has 0 saturated carbocycles. The van der Waals surface area contributed by atoms with Gasteiger partial charge in [-0.15, -0.1) is 4.37 Å². The summed E-state index contributed by atoms with van der Waals surface area (Å²) in [5.74, 6) is 0.224. The number of halogens is 1. The SMILES string of the molecule is CCCS(=O)(=O)N1CCN(C(=O)COc2nsnc2-c2ccc(Cl)cc2)CC1. The number of sulfonamides is 1. The highest BCUT2D eigenvalue weighted by atomic mass is 35.5. The highest BCUT2D eigenvalue weighted by Crippen LogP contribution is 2.28. The predicted octanol–water partition coefficient (Wildman–Crippen LogP) is 2.12. The summed E-state index contributed by atoms with van der Waals surface area (Å²) in [5, 5.41) is 0.615. The number of amides is 1. The lowest BCUT2D eigenvalue weighted by Gasteiger charge is -2.33. The van der Waals surface area contributed by atoms with E-state index in [1.807, 2.05) is 19.1 Å². The molecule has 1 amide bonds. The molecule has 3 rings (SSSR count). The molecule has 2 aromatic rings. The number of carbonyl (C=O) groups is 1. The molecule has 1 aliphatic heterocycles. The van der Waals surface area contributed by atoms with Crippen molar-refractivity contribution in [3.63, 3.8) is 0 Å². The third-order valence-corrected chi connectivity index (χ3v) is 7.20. The van der Waals surface area contributed by atoms with Crippen LogP contribution in [-0.2, 0) is 14.8 Å². The third-order valence-electron chi connectivity index (χ3n) is 4.36. The predicted molar refractivity (Wildman–Crippen MR) is 108 cm³/mol. The van der Waals surface area contributed by atoms with E-state index in [1.54, 1.807) is 17.0 Å². The van der Waals surface area contributed by atoms with Gasteiger partial charge in [0.05, 0.1) is 17.5 Å². The highest BCUT2D eigenvalue weighted by molar-refractivity contribution is 7.89. The molecule has 1 saturated heterocycles. The monoisotopic (exact) mass is 444 g/mol. The zero-order valence-corrected chi connectivity index (χ0v) is 17.8. The van der Waals surface area contributed by atoms with E-state index < -0.39 is 10.0 Å². The van der Waals surface area contributed by atoms with Crippen LogP contribution in [0.3, 0.4) is 0 Å². The Morgan fingerprint density at radius 1 is 1.18 bits per heavy atom. The van der Waals surface area contributed by atoms with E-state index in [4.69, 9.17) is 16.3 Å². The number of rotatable bonds is 7. The van der Waals surface area contributed by atoms with Crippen molar-refractivity contribution in [2.45, 2.75) is 13.3 Å². The molecule has 0 unspecified atom stereocenters. The minimum Gasteiger partial charge on any atom is -0.465 e. The maximum absolute atomic E-state index is 12.4. The molecule has 0 spiro atoms. The molecule has 28 heavy (non-hydrogen) atoms. The highest BCUT2D eigenvalue weighted by Gasteiger charge is 2.28. The van der Waals surface area contributed by atoms with Crippen molar-refractivity contribution in [3.8, 4) is 17.1 Å². The molecule has 0 aliphatic carbocycles. The molecular formula is C17H21ClN4O4S2. The van der Waals surface area contributed by atoms with Crippen molar-refractivity contribution in [1.82, 2.24) is 18.0 Å². The second kappa shape index (κ2) is 9.17. The summed E-state index contributed by atoms with van der Waals surface area (Å²) in [6.07, 6.45) is 0.576. The second-order valence-corrected chi connectivity index (χ2v) is 9.36. The fourth-order valence-corrected chi connectivity index (χ4v) is 5.02. The van der Waals surface area contributed by atoms with Gasteiger partial charge in [0.15, 0.2) is 6.61 Å². The van der Waals surface area contributed by atoms with E-state index in [-0.39, 0.29) is 18.3 Å². The zero-order valence-electron chi connectivity index (χ0n) is 15.4. The number of hydrogen-bond donors (Lipinski definition) is 0. The van der Waals surface area contributed by atoms with E-state index in [9.17, 15) is 13.2 Å². The van der Waals surface area contributed by atoms with Crippen molar-refractivity contribution in [2.75, 3.05) is 38.5 Å². The lowest BCUT2D eigenvalue weighted by Crippen LogP contribution is -2.52. The van der Waals surface area contributed by atoms with Crippen LogP contribution in [0.25, 0.3) is 11.3 Å². The Morgan fingerprint density at radius 3 is 2.50 bits per heavy atom. The van der Waals surface area contributed by atoms with Gasteiger partial charge < -0.3 is 9.64 Å². The van der Waals surface area contributed by atoms with Crippen molar-refractivity contribution in [3.05, 3.63) is 29.3 Å². The summed E-state index contributed by atoms with van der Waals surface area (Å²) in [4.78, 5) is 14.0. The Hall–Kier alpha value is -1.75. The van der Waals surface area contributed by atoms with Crippen LogP contribution in [0.5, 0.6) is 5.88 Å². The molecule has 1 aromatic heterocycles. The van der Waals surface area contributed by atoms with Crippen molar-refractivity contribution in [1.29, 1.82) is 0 Å². The molecule has 152 valence electrons. The lowest BCUT2D eigenvalue weighted by atomic mass is 10.2. The first-order valence-corrected chi connectivity index (χ1v) is 11.6. The largest absolute Gasteiger partial charge is 0.465 e. The number of piperazine rings is 1. The normalized spacial score (nSPS) is 15.6. The smallest absolute Gasteiger partial charge is 0.260 e. The van der Waals surface area contributed by atoms with Crippen LogP contribution >= 0.6 is 23.3 Å². The lowest BCUT2D eigenvalue weighted by molar-refractivity contribution is -0.134. The molecule has 1 aromatic carbocycles. The van der Waals surface area contributed by atoms with Crippen molar-refractivity contribution in [2.24, 2.45) is 0 Å². The Bertz CT molecular complexity index is 909. The molecule has 11 heteroatoms. The first-order chi connectivity index (χ1) is 13.4. The molecule has 0 atom stereocenters. The number of nitrogens with zero attached hydrogens (tertiary/aromatic N) is 4. The summed E-state index contributed by atoms with van der Waals surface area (Å²) in [5.41, 5.74) is 1.36. The van der Waals surface area contributed by atoms with Crippen LogP contribution in [0.4, 0.5) is 0 Å². The standard InChI is InChI=1S/C17H21ClN4O4S2/c1-2-11-28(24,25)22-9-7-21(8-10-22)15(23)12-26-17-16(19-27-20-17)13-3-5-14(18)6-4-13/h3-6H,2,7-12H2,1H3. The molecule has 0 N–H and O–H groups in total. The van der Waals surface area contributed by atoms with Gasteiger partial charge >= 0.3 is 0 Å². The van der Waals surface area contributed by atoms with Crippen LogP contribution in [0.2, 0.25) is 5.02 Å². The van der Waals surface area contributed by atoms with Crippen molar-refractivity contribution < 1.29 is 17.9 Å². The van der Waals surface area contributed by atoms with Gasteiger partial charge in [0, 0.05) is 36.8 Å². The third kappa shape index (κ3) is 4.99. The average Bonchev–Trinajstić information content (AvgIpc) is 3.15. The molecular weight excluding hydrogens is 424 g/mol. The Kier molecular flexibility index (Phi) is 6.86. The quantitative estimate of drug-likeness (QED) is 0.649. The van der Waals surface area contributed by atoms with E-state index in [2.05, 4.69) is 8.75 Å².